The maximum atomic E-state index is 10.8. The Bertz CT molecular complexity index is 416. The molecule has 0 radical (unpaired) electrons. The van der Waals surface area contributed by atoms with Crippen LogP contribution in [-0.4, -0.2) is 22.7 Å². The van der Waals surface area contributed by atoms with E-state index in [1.165, 1.54) is 18.9 Å². The molecule has 0 heterocycles. The molecular formula is C13H18N2O3. The summed E-state index contributed by atoms with van der Waals surface area (Å²) in [6, 6.07) is 6.51. The molecule has 1 aromatic rings. The molecular weight excluding hydrogens is 232 g/mol. The molecule has 1 aromatic carbocycles. The summed E-state index contributed by atoms with van der Waals surface area (Å²) in [7, 11) is 0. The summed E-state index contributed by atoms with van der Waals surface area (Å²) < 4.78 is 0. The average molecular weight is 250 g/mol. The Morgan fingerprint density at radius 2 is 2.06 bits per heavy atom. The van der Waals surface area contributed by atoms with Crippen molar-refractivity contribution in [3.8, 4) is 0 Å². The molecule has 0 aliphatic heterocycles. The Balaban J connectivity index is 1.95. The first kappa shape index (κ1) is 12.8. The van der Waals surface area contributed by atoms with Gasteiger partial charge >= 0.3 is 0 Å². The van der Waals surface area contributed by atoms with Gasteiger partial charge in [-0.05, 0) is 24.8 Å². The number of nitrogens with zero attached hydrogens (tertiary/aromatic N) is 1. The van der Waals surface area contributed by atoms with Gasteiger partial charge in [0.05, 0.1) is 11.0 Å². The third kappa shape index (κ3) is 2.98. The van der Waals surface area contributed by atoms with E-state index in [0.29, 0.717) is 18.2 Å². The Labute approximate surface area is 106 Å². The predicted molar refractivity (Wildman–Crippen MR) is 69.6 cm³/mol. The molecule has 5 heteroatoms. The minimum atomic E-state index is -0.424. The molecule has 1 unspecified atom stereocenters. The van der Waals surface area contributed by atoms with Crippen LogP contribution < -0.4 is 5.32 Å². The van der Waals surface area contributed by atoms with Gasteiger partial charge in [-0.2, -0.15) is 0 Å². The number of para-hydroxylation sites is 2. The first-order chi connectivity index (χ1) is 8.68. The van der Waals surface area contributed by atoms with E-state index in [1.54, 1.807) is 18.2 Å². The highest BCUT2D eigenvalue weighted by Crippen LogP contribution is 2.28. The van der Waals surface area contributed by atoms with Crippen molar-refractivity contribution >= 4 is 11.4 Å². The van der Waals surface area contributed by atoms with Crippen molar-refractivity contribution in [1.82, 2.24) is 0 Å². The number of nitro groups is 1. The van der Waals surface area contributed by atoms with Gasteiger partial charge in [-0.15, -0.1) is 0 Å². The smallest absolute Gasteiger partial charge is 0.292 e. The first-order valence-electron chi connectivity index (χ1n) is 6.34. The second-order valence-electron chi connectivity index (χ2n) is 4.77. The molecule has 0 spiro atoms. The Kier molecular flexibility index (Phi) is 4.15. The van der Waals surface area contributed by atoms with Crippen LogP contribution in [0.3, 0.4) is 0 Å². The summed E-state index contributed by atoms with van der Waals surface area (Å²) in [5, 5.41) is 23.8. The number of hydrogen-bond donors (Lipinski definition) is 2. The monoisotopic (exact) mass is 250 g/mol. The standard InChI is InChI=1S/C13H18N2O3/c16-13(10-5-1-2-6-10)9-14-11-7-3-4-8-12(11)15(17)18/h3-4,7-8,10,13-14,16H,1-2,5-6,9H2. The summed E-state index contributed by atoms with van der Waals surface area (Å²) in [4.78, 5) is 10.4. The Morgan fingerprint density at radius 1 is 1.39 bits per heavy atom. The van der Waals surface area contributed by atoms with Crippen LogP contribution in [0.25, 0.3) is 0 Å². The topological polar surface area (TPSA) is 75.4 Å². The van der Waals surface area contributed by atoms with Crippen LogP contribution in [0.5, 0.6) is 0 Å². The zero-order valence-corrected chi connectivity index (χ0v) is 10.2. The van der Waals surface area contributed by atoms with Crippen molar-refractivity contribution in [2.45, 2.75) is 31.8 Å². The summed E-state index contributed by atoms with van der Waals surface area (Å²) >= 11 is 0. The van der Waals surface area contributed by atoms with Crippen molar-refractivity contribution in [1.29, 1.82) is 0 Å². The fourth-order valence-corrected chi connectivity index (χ4v) is 2.51. The van der Waals surface area contributed by atoms with Crippen LogP contribution in [0.15, 0.2) is 24.3 Å². The molecule has 1 aliphatic rings. The number of aliphatic hydroxyl groups is 1. The van der Waals surface area contributed by atoms with E-state index in [-0.39, 0.29) is 5.69 Å². The minimum absolute atomic E-state index is 0.0520. The van der Waals surface area contributed by atoms with E-state index in [0.717, 1.165) is 12.8 Å². The third-order valence-electron chi connectivity index (χ3n) is 3.55. The van der Waals surface area contributed by atoms with Crippen molar-refractivity contribution < 1.29 is 10.0 Å². The molecule has 2 N–H and O–H groups in total. The molecule has 98 valence electrons. The van der Waals surface area contributed by atoms with Gasteiger partial charge in [-0.3, -0.25) is 10.1 Å². The van der Waals surface area contributed by atoms with Crippen molar-refractivity contribution in [3.05, 3.63) is 34.4 Å². The Morgan fingerprint density at radius 3 is 2.72 bits per heavy atom. The van der Waals surface area contributed by atoms with E-state index in [4.69, 9.17) is 0 Å². The third-order valence-corrected chi connectivity index (χ3v) is 3.55. The maximum Gasteiger partial charge on any atom is 0.292 e. The Hall–Kier alpha value is -1.62. The van der Waals surface area contributed by atoms with E-state index in [9.17, 15) is 15.2 Å². The number of aliphatic hydroxyl groups excluding tert-OH is 1. The number of benzene rings is 1. The summed E-state index contributed by atoms with van der Waals surface area (Å²) in [5.41, 5.74) is 0.524. The fraction of sp³-hybridized carbons (Fsp3) is 0.538. The second kappa shape index (κ2) is 5.82. The van der Waals surface area contributed by atoms with Crippen molar-refractivity contribution in [3.63, 3.8) is 0 Å². The van der Waals surface area contributed by atoms with Gasteiger partial charge in [-0.1, -0.05) is 25.0 Å². The van der Waals surface area contributed by atoms with Gasteiger partial charge in [-0.25, -0.2) is 0 Å². The molecule has 1 aliphatic carbocycles. The molecule has 0 amide bonds. The highest BCUT2D eigenvalue weighted by atomic mass is 16.6. The van der Waals surface area contributed by atoms with Crippen LogP contribution in [0.4, 0.5) is 11.4 Å². The molecule has 1 atom stereocenters. The summed E-state index contributed by atoms with van der Waals surface area (Å²) in [6.07, 6.45) is 4.03. The van der Waals surface area contributed by atoms with Crippen LogP contribution in [0.2, 0.25) is 0 Å². The molecule has 0 aromatic heterocycles. The van der Waals surface area contributed by atoms with Gasteiger partial charge in [0.1, 0.15) is 5.69 Å². The van der Waals surface area contributed by atoms with Gasteiger partial charge in [0.2, 0.25) is 0 Å². The molecule has 0 bridgehead atoms. The van der Waals surface area contributed by atoms with E-state index in [2.05, 4.69) is 5.32 Å². The van der Waals surface area contributed by atoms with Crippen LogP contribution >= 0.6 is 0 Å². The normalized spacial score (nSPS) is 17.6. The maximum absolute atomic E-state index is 10.8. The average Bonchev–Trinajstić information content (AvgIpc) is 2.90. The number of rotatable bonds is 5. The van der Waals surface area contributed by atoms with E-state index < -0.39 is 11.0 Å². The van der Waals surface area contributed by atoms with E-state index in [1.807, 2.05) is 0 Å². The number of anilines is 1. The van der Waals surface area contributed by atoms with Gasteiger partial charge < -0.3 is 10.4 Å². The second-order valence-corrected chi connectivity index (χ2v) is 4.77. The molecule has 18 heavy (non-hydrogen) atoms. The number of nitrogens with one attached hydrogen (secondary N) is 1. The lowest BCUT2D eigenvalue weighted by Gasteiger charge is -2.18. The first-order valence-corrected chi connectivity index (χ1v) is 6.34. The summed E-state index contributed by atoms with van der Waals surface area (Å²) in [6.45, 7) is 0.371. The SMILES string of the molecule is O=[N+]([O-])c1ccccc1NCC(O)C1CCCC1. The number of nitro benzene ring substituents is 1. The lowest BCUT2D eigenvalue weighted by molar-refractivity contribution is -0.384. The van der Waals surface area contributed by atoms with Crippen molar-refractivity contribution in [2.24, 2.45) is 5.92 Å². The van der Waals surface area contributed by atoms with Gasteiger partial charge in [0.15, 0.2) is 0 Å². The molecule has 2 rings (SSSR count). The largest absolute Gasteiger partial charge is 0.391 e. The van der Waals surface area contributed by atoms with E-state index >= 15 is 0 Å². The van der Waals surface area contributed by atoms with Crippen molar-refractivity contribution in [2.75, 3.05) is 11.9 Å². The molecule has 5 nitrogen and oxygen atoms in total. The molecule has 1 saturated carbocycles. The lowest BCUT2D eigenvalue weighted by atomic mass is 10.0. The summed E-state index contributed by atoms with van der Waals surface area (Å²) in [5.74, 6) is 0.334. The van der Waals surface area contributed by atoms with Crippen LogP contribution in [-0.2, 0) is 0 Å². The predicted octanol–water partition coefficient (Wildman–Crippen LogP) is 2.56. The number of hydrogen-bond acceptors (Lipinski definition) is 4. The highest BCUT2D eigenvalue weighted by molar-refractivity contribution is 5.61. The zero-order valence-electron chi connectivity index (χ0n) is 10.2. The molecule has 0 saturated heterocycles. The fourth-order valence-electron chi connectivity index (χ4n) is 2.51. The highest BCUT2D eigenvalue weighted by Gasteiger charge is 2.23. The van der Waals surface area contributed by atoms with Gasteiger partial charge in [0.25, 0.3) is 5.69 Å². The van der Waals surface area contributed by atoms with Crippen LogP contribution in [0.1, 0.15) is 25.7 Å². The van der Waals surface area contributed by atoms with Gasteiger partial charge in [0, 0.05) is 12.6 Å². The van der Waals surface area contributed by atoms with Crippen LogP contribution in [0, 0.1) is 16.0 Å². The zero-order chi connectivity index (χ0) is 13.0. The lowest BCUT2D eigenvalue weighted by Crippen LogP contribution is -2.26. The molecule has 1 fully saturated rings. The minimum Gasteiger partial charge on any atom is -0.391 e. The quantitative estimate of drug-likeness (QED) is 0.622.